The molecule has 1 atom stereocenters. The summed E-state index contributed by atoms with van der Waals surface area (Å²) in [6.07, 6.45) is 0. The van der Waals surface area contributed by atoms with E-state index < -0.39 is 0 Å². The number of methoxy groups -OCH3 is 2. The minimum Gasteiger partial charge on any atom is -0.491 e. The van der Waals surface area contributed by atoms with E-state index in [1.165, 1.54) is 0 Å². The fourth-order valence-electron chi connectivity index (χ4n) is 1.85. The van der Waals surface area contributed by atoms with E-state index in [1.54, 1.807) is 21.3 Å². The minimum absolute atomic E-state index is 0.202. The molecule has 0 saturated heterocycles. The minimum atomic E-state index is 0.202. The summed E-state index contributed by atoms with van der Waals surface area (Å²) in [4.78, 5) is 4.19. The van der Waals surface area contributed by atoms with Crippen LogP contribution in [0.5, 0.6) is 5.75 Å². The Morgan fingerprint density at radius 3 is 2.45 bits per heavy atom. The summed E-state index contributed by atoms with van der Waals surface area (Å²) in [6.45, 7) is 4.52. The monoisotopic (exact) mass is 309 g/mol. The molecule has 22 heavy (non-hydrogen) atoms. The number of rotatable bonds is 9. The lowest BCUT2D eigenvalue weighted by molar-refractivity contribution is 0.146. The Morgan fingerprint density at radius 1 is 1.14 bits per heavy atom. The third kappa shape index (κ3) is 7.28. The number of benzene rings is 1. The van der Waals surface area contributed by atoms with E-state index in [0.29, 0.717) is 26.4 Å². The smallest absolute Gasteiger partial charge is 0.191 e. The Labute approximate surface area is 132 Å². The predicted octanol–water partition coefficient (Wildman–Crippen LogP) is 1.41. The second-order valence-electron chi connectivity index (χ2n) is 4.91. The molecule has 0 fully saturated rings. The molecule has 0 amide bonds. The van der Waals surface area contributed by atoms with E-state index >= 15 is 0 Å². The van der Waals surface area contributed by atoms with Gasteiger partial charge in [-0.3, -0.25) is 4.99 Å². The third-order valence-corrected chi connectivity index (χ3v) is 2.96. The molecule has 0 heterocycles. The average Bonchev–Trinajstić information content (AvgIpc) is 2.53. The number of nitrogens with one attached hydrogen (secondary N) is 2. The topological polar surface area (TPSA) is 64.1 Å². The molecule has 1 aromatic carbocycles. The molecule has 0 spiro atoms. The average molecular weight is 309 g/mol. The molecule has 0 bridgehead atoms. The molecule has 6 heteroatoms. The summed E-state index contributed by atoms with van der Waals surface area (Å²) >= 11 is 0. The van der Waals surface area contributed by atoms with Gasteiger partial charge in [0.2, 0.25) is 0 Å². The SMILES string of the molecule is CN=C(NCc1ccc(OCCOC)cc1)NC(C)COC. The summed E-state index contributed by atoms with van der Waals surface area (Å²) in [5.74, 6) is 1.60. The van der Waals surface area contributed by atoms with E-state index in [0.717, 1.165) is 17.3 Å². The van der Waals surface area contributed by atoms with Gasteiger partial charge in [0.25, 0.3) is 0 Å². The molecule has 0 aliphatic rings. The maximum Gasteiger partial charge on any atom is 0.191 e. The van der Waals surface area contributed by atoms with Crippen molar-refractivity contribution in [3.8, 4) is 5.75 Å². The molecule has 124 valence electrons. The van der Waals surface area contributed by atoms with Crippen molar-refractivity contribution in [2.75, 3.05) is 41.1 Å². The van der Waals surface area contributed by atoms with Crippen molar-refractivity contribution in [1.82, 2.24) is 10.6 Å². The Morgan fingerprint density at radius 2 is 1.86 bits per heavy atom. The van der Waals surface area contributed by atoms with Crippen molar-refractivity contribution in [2.45, 2.75) is 19.5 Å². The van der Waals surface area contributed by atoms with E-state index in [1.807, 2.05) is 31.2 Å². The Bertz CT molecular complexity index is 435. The first-order valence-corrected chi connectivity index (χ1v) is 7.36. The predicted molar refractivity (Wildman–Crippen MR) is 88.5 cm³/mol. The third-order valence-electron chi connectivity index (χ3n) is 2.96. The van der Waals surface area contributed by atoms with Gasteiger partial charge in [-0.1, -0.05) is 12.1 Å². The van der Waals surface area contributed by atoms with E-state index in [2.05, 4.69) is 15.6 Å². The molecule has 1 unspecified atom stereocenters. The maximum atomic E-state index is 5.53. The van der Waals surface area contributed by atoms with Gasteiger partial charge < -0.3 is 24.8 Å². The molecule has 1 rings (SSSR count). The standard InChI is InChI=1S/C16H27N3O3/c1-13(12-21-4)19-16(17-2)18-11-14-5-7-15(8-6-14)22-10-9-20-3/h5-8,13H,9-12H2,1-4H3,(H2,17,18,19). The second-order valence-corrected chi connectivity index (χ2v) is 4.91. The number of hydrogen-bond donors (Lipinski definition) is 2. The summed E-state index contributed by atoms with van der Waals surface area (Å²) in [5, 5.41) is 6.53. The molecule has 0 radical (unpaired) electrons. The van der Waals surface area contributed by atoms with Crippen LogP contribution in [-0.2, 0) is 16.0 Å². The van der Waals surface area contributed by atoms with Gasteiger partial charge in [0.05, 0.1) is 13.2 Å². The van der Waals surface area contributed by atoms with Crippen LogP contribution in [0.4, 0.5) is 0 Å². The van der Waals surface area contributed by atoms with Gasteiger partial charge in [0.15, 0.2) is 5.96 Å². The zero-order chi connectivity index (χ0) is 16.2. The molecule has 0 saturated carbocycles. The quantitative estimate of drug-likeness (QED) is 0.410. The van der Waals surface area contributed by atoms with Gasteiger partial charge in [-0.05, 0) is 24.6 Å². The van der Waals surface area contributed by atoms with Crippen molar-refractivity contribution in [2.24, 2.45) is 4.99 Å². The van der Waals surface area contributed by atoms with Crippen LogP contribution in [0.25, 0.3) is 0 Å². The molecular formula is C16H27N3O3. The largest absolute Gasteiger partial charge is 0.491 e. The fraction of sp³-hybridized carbons (Fsp3) is 0.562. The summed E-state index contributed by atoms with van der Waals surface area (Å²) in [6, 6.07) is 8.17. The second kappa shape index (κ2) is 10.9. The number of hydrogen-bond acceptors (Lipinski definition) is 4. The van der Waals surface area contributed by atoms with Crippen molar-refractivity contribution in [3.63, 3.8) is 0 Å². The highest BCUT2D eigenvalue weighted by molar-refractivity contribution is 5.79. The van der Waals surface area contributed by atoms with Gasteiger partial charge in [0, 0.05) is 33.9 Å². The zero-order valence-electron chi connectivity index (χ0n) is 13.9. The number of ether oxygens (including phenoxy) is 3. The molecular weight excluding hydrogens is 282 g/mol. The van der Waals surface area contributed by atoms with Crippen molar-refractivity contribution >= 4 is 5.96 Å². The van der Waals surface area contributed by atoms with Crippen LogP contribution in [0, 0.1) is 0 Å². The van der Waals surface area contributed by atoms with Crippen molar-refractivity contribution < 1.29 is 14.2 Å². The van der Waals surface area contributed by atoms with Crippen LogP contribution in [-0.4, -0.2) is 53.1 Å². The van der Waals surface area contributed by atoms with Gasteiger partial charge in [0.1, 0.15) is 12.4 Å². The molecule has 1 aromatic rings. The summed E-state index contributed by atoms with van der Waals surface area (Å²) < 4.78 is 15.6. The molecule has 0 aromatic heterocycles. The van der Waals surface area contributed by atoms with Crippen LogP contribution in [0.1, 0.15) is 12.5 Å². The van der Waals surface area contributed by atoms with Crippen LogP contribution >= 0.6 is 0 Å². The molecule has 6 nitrogen and oxygen atoms in total. The first-order chi connectivity index (χ1) is 10.7. The Balaban J connectivity index is 2.39. The Kier molecular flexibility index (Phi) is 9.02. The number of aliphatic imine (C=N–C) groups is 1. The van der Waals surface area contributed by atoms with E-state index in [9.17, 15) is 0 Å². The fourth-order valence-corrected chi connectivity index (χ4v) is 1.85. The molecule has 0 aliphatic carbocycles. The normalized spacial score (nSPS) is 12.8. The van der Waals surface area contributed by atoms with Gasteiger partial charge in [-0.15, -0.1) is 0 Å². The van der Waals surface area contributed by atoms with E-state index in [4.69, 9.17) is 14.2 Å². The summed E-state index contributed by atoms with van der Waals surface area (Å²) in [7, 11) is 5.10. The molecule has 0 aliphatic heterocycles. The zero-order valence-corrected chi connectivity index (χ0v) is 13.9. The van der Waals surface area contributed by atoms with E-state index in [-0.39, 0.29) is 6.04 Å². The van der Waals surface area contributed by atoms with Crippen molar-refractivity contribution in [3.05, 3.63) is 29.8 Å². The lowest BCUT2D eigenvalue weighted by Gasteiger charge is -2.17. The van der Waals surface area contributed by atoms with Gasteiger partial charge in [-0.25, -0.2) is 0 Å². The number of nitrogens with zero attached hydrogens (tertiary/aromatic N) is 1. The first kappa shape index (κ1) is 18.3. The number of guanidine groups is 1. The van der Waals surface area contributed by atoms with Crippen LogP contribution in [0.2, 0.25) is 0 Å². The highest BCUT2D eigenvalue weighted by Crippen LogP contribution is 2.11. The Hall–Kier alpha value is -1.79. The van der Waals surface area contributed by atoms with Crippen LogP contribution in [0.3, 0.4) is 0 Å². The lowest BCUT2D eigenvalue weighted by Crippen LogP contribution is -2.43. The highest BCUT2D eigenvalue weighted by Gasteiger charge is 2.04. The lowest BCUT2D eigenvalue weighted by atomic mass is 10.2. The van der Waals surface area contributed by atoms with Crippen LogP contribution < -0.4 is 15.4 Å². The molecule has 2 N–H and O–H groups in total. The van der Waals surface area contributed by atoms with Gasteiger partial charge in [-0.2, -0.15) is 0 Å². The maximum absolute atomic E-state index is 5.53. The highest BCUT2D eigenvalue weighted by atomic mass is 16.5. The van der Waals surface area contributed by atoms with Crippen LogP contribution in [0.15, 0.2) is 29.3 Å². The first-order valence-electron chi connectivity index (χ1n) is 7.36. The summed E-state index contributed by atoms with van der Waals surface area (Å²) in [5.41, 5.74) is 1.15. The van der Waals surface area contributed by atoms with Crippen molar-refractivity contribution in [1.29, 1.82) is 0 Å². The van der Waals surface area contributed by atoms with Gasteiger partial charge >= 0.3 is 0 Å².